The molecule has 1 aromatic carbocycles. The molecule has 1 aromatic rings. The molecule has 0 radical (unpaired) electrons. The zero-order chi connectivity index (χ0) is 14.3. The summed E-state index contributed by atoms with van der Waals surface area (Å²) in [5.41, 5.74) is 0.508. The normalized spacial score (nSPS) is 9.95. The number of carbonyl (C=O) groups is 2. The summed E-state index contributed by atoms with van der Waals surface area (Å²) in [4.78, 5) is 22.6. The maximum Gasteiger partial charge on any atom is 0.151 e. The van der Waals surface area contributed by atoms with Crippen LogP contribution in [0.3, 0.4) is 0 Å². The van der Waals surface area contributed by atoms with Gasteiger partial charge in [0.1, 0.15) is 0 Å². The van der Waals surface area contributed by atoms with E-state index in [9.17, 15) is 9.59 Å². The van der Waals surface area contributed by atoms with Crippen LogP contribution in [0.4, 0.5) is 0 Å². The topological polar surface area (TPSA) is 34.1 Å². The Morgan fingerprint density at radius 1 is 1.37 bits per heavy atom. The highest BCUT2D eigenvalue weighted by Gasteiger charge is 2.23. The second-order valence-corrected chi connectivity index (χ2v) is 4.70. The van der Waals surface area contributed by atoms with Gasteiger partial charge in [-0.05, 0) is 19.9 Å². The standard InChI is InChI=1S/C17H16O2/c1-4-17(2,3)16(19)12-8-7-10-14-9-5-6-11-15(14)13-18/h1,5-6,9,11,13H,8,12H2,2-3H3. The van der Waals surface area contributed by atoms with Crippen LogP contribution >= 0.6 is 0 Å². The molecule has 2 nitrogen and oxygen atoms in total. The van der Waals surface area contributed by atoms with Gasteiger partial charge in [-0.1, -0.05) is 36.0 Å². The first-order valence-electron chi connectivity index (χ1n) is 6.05. The minimum absolute atomic E-state index is 0.00738. The Kier molecular flexibility index (Phi) is 5.10. The minimum Gasteiger partial charge on any atom is -0.298 e. The molecule has 96 valence electrons. The number of hydrogen-bond acceptors (Lipinski definition) is 2. The molecule has 0 N–H and O–H groups in total. The SMILES string of the molecule is C#CC(C)(C)C(=O)CCC#Cc1ccccc1C=O. The summed E-state index contributed by atoms with van der Waals surface area (Å²) in [5.74, 6) is 8.29. The smallest absolute Gasteiger partial charge is 0.151 e. The highest BCUT2D eigenvalue weighted by molar-refractivity contribution is 5.87. The fourth-order valence-corrected chi connectivity index (χ4v) is 1.44. The Labute approximate surface area is 114 Å². The van der Waals surface area contributed by atoms with Crippen molar-refractivity contribution < 1.29 is 9.59 Å². The van der Waals surface area contributed by atoms with Crippen LogP contribution in [0.15, 0.2) is 24.3 Å². The first-order valence-corrected chi connectivity index (χ1v) is 6.05. The van der Waals surface area contributed by atoms with E-state index in [-0.39, 0.29) is 5.78 Å². The highest BCUT2D eigenvalue weighted by Crippen LogP contribution is 2.17. The molecule has 0 fully saturated rings. The summed E-state index contributed by atoms with van der Waals surface area (Å²) in [5, 5.41) is 0. The Hall–Kier alpha value is -2.32. The molecule has 2 heteroatoms. The van der Waals surface area contributed by atoms with Gasteiger partial charge in [-0.2, -0.15) is 0 Å². The maximum atomic E-state index is 11.8. The fraction of sp³-hybridized carbons (Fsp3) is 0.294. The molecular formula is C17H16O2. The van der Waals surface area contributed by atoms with E-state index in [4.69, 9.17) is 6.42 Å². The Morgan fingerprint density at radius 3 is 2.68 bits per heavy atom. The molecule has 0 aliphatic heterocycles. The molecule has 0 aromatic heterocycles. The van der Waals surface area contributed by atoms with Crippen molar-refractivity contribution in [2.45, 2.75) is 26.7 Å². The largest absolute Gasteiger partial charge is 0.298 e. The first kappa shape index (κ1) is 14.7. The van der Waals surface area contributed by atoms with E-state index in [2.05, 4.69) is 17.8 Å². The van der Waals surface area contributed by atoms with Crippen LogP contribution < -0.4 is 0 Å². The third-order valence-electron chi connectivity index (χ3n) is 2.85. The summed E-state index contributed by atoms with van der Waals surface area (Å²) in [6.45, 7) is 3.45. The second-order valence-electron chi connectivity index (χ2n) is 4.70. The lowest BCUT2D eigenvalue weighted by atomic mass is 9.87. The Bertz CT molecular complexity index is 577. The minimum atomic E-state index is -0.734. The van der Waals surface area contributed by atoms with Crippen molar-refractivity contribution in [1.29, 1.82) is 0 Å². The van der Waals surface area contributed by atoms with E-state index < -0.39 is 5.41 Å². The molecule has 0 atom stereocenters. The first-order chi connectivity index (χ1) is 9.01. The number of rotatable bonds is 4. The summed E-state index contributed by atoms with van der Waals surface area (Å²) in [7, 11) is 0. The van der Waals surface area contributed by atoms with Gasteiger partial charge in [-0.15, -0.1) is 6.42 Å². The monoisotopic (exact) mass is 252 g/mol. The average Bonchev–Trinajstić information content (AvgIpc) is 2.43. The van der Waals surface area contributed by atoms with E-state index >= 15 is 0 Å². The second kappa shape index (κ2) is 6.57. The zero-order valence-corrected chi connectivity index (χ0v) is 11.2. The van der Waals surface area contributed by atoms with E-state index in [1.165, 1.54) is 0 Å². The van der Waals surface area contributed by atoms with Crippen molar-refractivity contribution in [2.24, 2.45) is 5.41 Å². The Balaban J connectivity index is 2.65. The van der Waals surface area contributed by atoms with Gasteiger partial charge in [0, 0.05) is 24.0 Å². The van der Waals surface area contributed by atoms with Crippen molar-refractivity contribution in [3.05, 3.63) is 35.4 Å². The van der Waals surface area contributed by atoms with Gasteiger partial charge in [0.2, 0.25) is 0 Å². The van der Waals surface area contributed by atoms with Crippen LogP contribution in [0.25, 0.3) is 0 Å². The van der Waals surface area contributed by atoms with Gasteiger partial charge < -0.3 is 0 Å². The quantitative estimate of drug-likeness (QED) is 0.610. The van der Waals surface area contributed by atoms with E-state index in [1.54, 1.807) is 32.0 Å². The van der Waals surface area contributed by atoms with Crippen molar-refractivity contribution >= 4 is 12.1 Å². The summed E-state index contributed by atoms with van der Waals surface area (Å²) < 4.78 is 0. The van der Waals surface area contributed by atoms with Gasteiger partial charge in [-0.25, -0.2) is 0 Å². The van der Waals surface area contributed by atoms with Crippen molar-refractivity contribution in [2.75, 3.05) is 0 Å². The van der Waals surface area contributed by atoms with Crippen molar-refractivity contribution in [1.82, 2.24) is 0 Å². The molecule has 0 saturated carbocycles. The lowest BCUT2D eigenvalue weighted by molar-refractivity contribution is -0.124. The predicted octanol–water partition coefficient (Wildman–Crippen LogP) is 2.86. The van der Waals surface area contributed by atoms with E-state index in [0.29, 0.717) is 24.0 Å². The Morgan fingerprint density at radius 2 is 2.05 bits per heavy atom. The molecule has 19 heavy (non-hydrogen) atoms. The number of terminal acetylenes is 1. The van der Waals surface area contributed by atoms with Crippen molar-refractivity contribution in [3.63, 3.8) is 0 Å². The summed E-state index contributed by atoms with van der Waals surface area (Å²) in [6, 6.07) is 7.10. The highest BCUT2D eigenvalue weighted by atomic mass is 16.1. The van der Waals surface area contributed by atoms with Gasteiger partial charge in [0.15, 0.2) is 12.1 Å². The zero-order valence-electron chi connectivity index (χ0n) is 11.2. The number of Topliss-reactive ketones (excluding diaryl/α,β-unsaturated/α-hetero) is 1. The predicted molar refractivity (Wildman–Crippen MR) is 75.6 cm³/mol. The number of aldehydes is 1. The molecule has 0 saturated heterocycles. The fourth-order valence-electron chi connectivity index (χ4n) is 1.44. The van der Waals surface area contributed by atoms with E-state index in [1.807, 2.05) is 6.07 Å². The maximum absolute atomic E-state index is 11.8. The van der Waals surface area contributed by atoms with Gasteiger partial charge in [0.25, 0.3) is 0 Å². The van der Waals surface area contributed by atoms with Crippen LogP contribution in [0.2, 0.25) is 0 Å². The number of benzene rings is 1. The molecule has 0 amide bonds. The summed E-state index contributed by atoms with van der Waals surface area (Å²) >= 11 is 0. The summed E-state index contributed by atoms with van der Waals surface area (Å²) in [6.07, 6.45) is 6.84. The van der Waals surface area contributed by atoms with Gasteiger partial charge >= 0.3 is 0 Å². The lowest BCUT2D eigenvalue weighted by Crippen LogP contribution is -2.21. The van der Waals surface area contributed by atoms with Crippen LogP contribution in [-0.2, 0) is 4.79 Å². The molecule has 1 rings (SSSR count). The van der Waals surface area contributed by atoms with Gasteiger partial charge in [-0.3, -0.25) is 9.59 Å². The molecule has 0 aliphatic rings. The van der Waals surface area contributed by atoms with Crippen LogP contribution in [0.5, 0.6) is 0 Å². The molecule has 0 aliphatic carbocycles. The average molecular weight is 252 g/mol. The number of hydrogen-bond donors (Lipinski definition) is 0. The molecule has 0 unspecified atom stereocenters. The van der Waals surface area contributed by atoms with Crippen LogP contribution in [0, 0.1) is 29.6 Å². The van der Waals surface area contributed by atoms with Crippen LogP contribution in [-0.4, -0.2) is 12.1 Å². The van der Waals surface area contributed by atoms with Crippen LogP contribution in [0.1, 0.15) is 42.6 Å². The molecule has 0 bridgehead atoms. The number of ketones is 1. The third kappa shape index (κ3) is 4.12. The molecular weight excluding hydrogens is 236 g/mol. The lowest BCUT2D eigenvalue weighted by Gasteiger charge is -2.14. The molecule has 0 heterocycles. The van der Waals surface area contributed by atoms with Crippen molar-refractivity contribution in [3.8, 4) is 24.2 Å². The molecule has 0 spiro atoms. The van der Waals surface area contributed by atoms with Gasteiger partial charge in [0.05, 0.1) is 5.41 Å². The third-order valence-corrected chi connectivity index (χ3v) is 2.85. The van der Waals surface area contributed by atoms with E-state index in [0.717, 1.165) is 6.29 Å². The number of carbonyl (C=O) groups excluding carboxylic acids is 2.